The zero-order chi connectivity index (χ0) is 35.6. The van der Waals surface area contributed by atoms with Gasteiger partial charge in [-0.3, -0.25) is 23.9 Å². The minimum Gasteiger partial charge on any atom is -0.481 e. The number of carbonyl (C=O) groups excluding carboxylic acids is 2. The first kappa shape index (κ1) is 34.6. The Hall–Kier alpha value is -4.82. The summed E-state index contributed by atoms with van der Waals surface area (Å²) in [7, 11) is 3.27. The SMILES string of the molecule is COc1nc(-c2cccc(-c3ccnc(-c4cc5c(=O)n(C)c(CNC[C@@H]6CCC(=O)N6)nn5c4)c3Cl)c2Cl)ccc1CNC[C@H]1CCC(=O)N1. The van der Waals surface area contributed by atoms with Crippen molar-refractivity contribution in [2.24, 2.45) is 7.05 Å². The molecule has 0 bridgehead atoms. The Kier molecular flexibility index (Phi) is 10.0. The van der Waals surface area contributed by atoms with Crippen molar-refractivity contribution >= 4 is 40.5 Å². The molecule has 15 heteroatoms. The van der Waals surface area contributed by atoms with E-state index in [9.17, 15) is 14.4 Å². The molecular weight excluding hydrogens is 693 g/mol. The Balaban J connectivity index is 1.13. The van der Waals surface area contributed by atoms with Gasteiger partial charge in [-0.15, -0.1) is 0 Å². The molecule has 6 heterocycles. The first-order valence-electron chi connectivity index (χ1n) is 16.8. The molecule has 13 nitrogen and oxygen atoms in total. The van der Waals surface area contributed by atoms with Gasteiger partial charge in [0, 0.05) is 91.8 Å². The van der Waals surface area contributed by atoms with Crippen LogP contribution in [0.1, 0.15) is 37.1 Å². The third-order valence-electron chi connectivity index (χ3n) is 9.34. The van der Waals surface area contributed by atoms with Gasteiger partial charge < -0.3 is 26.0 Å². The van der Waals surface area contributed by atoms with E-state index in [2.05, 4.69) is 31.3 Å². The highest BCUT2D eigenvalue weighted by molar-refractivity contribution is 6.39. The average molecular weight is 731 g/mol. The zero-order valence-corrected chi connectivity index (χ0v) is 29.6. The first-order valence-corrected chi connectivity index (χ1v) is 17.5. The lowest BCUT2D eigenvalue weighted by atomic mass is 10.00. The van der Waals surface area contributed by atoms with E-state index in [0.29, 0.717) is 99.9 Å². The number of pyridine rings is 2. The molecule has 7 rings (SSSR count). The lowest BCUT2D eigenvalue weighted by molar-refractivity contribution is -0.120. The topological polar surface area (TPSA) is 157 Å². The fourth-order valence-corrected chi connectivity index (χ4v) is 7.23. The van der Waals surface area contributed by atoms with Gasteiger partial charge in [-0.1, -0.05) is 47.5 Å². The van der Waals surface area contributed by atoms with Crippen LogP contribution in [0.25, 0.3) is 39.2 Å². The standard InChI is InChI=1S/C36H37Cl2N9O4/c1-46-29(18-40-17-23-8-11-31(49)43-23)45-47-19-21(14-28(47)36(46)50)34-33(38)25(12-13-41-34)24-4-3-5-26(32(24)37)27-9-6-20(35(44-27)51-2)15-39-16-22-7-10-30(48)42-22/h3-6,9,12-14,19,22-23,39-40H,7-8,10-11,15-18H2,1-2H3,(H,42,48)(H,43,49)/t22-,23+/m1/s1. The number of carbonyl (C=O) groups is 2. The number of amides is 2. The Morgan fingerprint density at radius 3 is 2.27 bits per heavy atom. The lowest BCUT2D eigenvalue weighted by Crippen LogP contribution is -2.36. The van der Waals surface area contributed by atoms with Crippen LogP contribution < -0.4 is 31.6 Å². The molecule has 0 unspecified atom stereocenters. The number of halogens is 2. The third kappa shape index (κ3) is 7.20. The Bertz CT molecular complexity index is 2200. The lowest BCUT2D eigenvalue weighted by Gasteiger charge is -2.15. The van der Waals surface area contributed by atoms with E-state index in [-0.39, 0.29) is 29.5 Å². The van der Waals surface area contributed by atoms with Gasteiger partial charge in [-0.25, -0.2) is 9.50 Å². The number of rotatable bonds is 12. The van der Waals surface area contributed by atoms with Gasteiger partial charge in [-0.2, -0.15) is 5.10 Å². The summed E-state index contributed by atoms with van der Waals surface area (Å²) in [6, 6.07) is 13.2. The second-order valence-corrected chi connectivity index (χ2v) is 13.5. The number of methoxy groups -OCH3 is 1. The number of aromatic nitrogens is 5. The molecular formula is C36H37Cl2N9O4. The molecule has 4 N–H and O–H groups in total. The summed E-state index contributed by atoms with van der Waals surface area (Å²) in [5, 5.41) is 18.1. The van der Waals surface area contributed by atoms with Gasteiger partial charge in [0.25, 0.3) is 5.56 Å². The van der Waals surface area contributed by atoms with E-state index in [1.807, 2.05) is 30.3 Å². The Labute approximate surface area is 303 Å². The van der Waals surface area contributed by atoms with Crippen LogP contribution in [0.5, 0.6) is 5.88 Å². The number of nitrogens with one attached hydrogen (secondary N) is 4. The number of fused-ring (bicyclic) bond motifs is 1. The van der Waals surface area contributed by atoms with Crippen LogP contribution in [-0.2, 0) is 29.7 Å². The van der Waals surface area contributed by atoms with Crippen molar-refractivity contribution in [3.05, 3.63) is 86.6 Å². The fraction of sp³-hybridized carbons (Fsp3) is 0.333. The molecule has 2 amide bonds. The van der Waals surface area contributed by atoms with E-state index in [1.165, 1.54) is 4.57 Å². The van der Waals surface area contributed by atoms with Crippen molar-refractivity contribution in [2.45, 2.75) is 50.9 Å². The number of hydrogen-bond donors (Lipinski definition) is 4. The number of nitrogens with zero attached hydrogens (tertiary/aromatic N) is 5. The highest BCUT2D eigenvalue weighted by atomic mass is 35.5. The molecule has 0 spiro atoms. The van der Waals surface area contributed by atoms with Crippen molar-refractivity contribution < 1.29 is 14.3 Å². The van der Waals surface area contributed by atoms with Gasteiger partial charge in [0.2, 0.25) is 17.7 Å². The molecule has 0 aliphatic carbocycles. The largest absolute Gasteiger partial charge is 0.481 e. The van der Waals surface area contributed by atoms with Crippen LogP contribution in [-0.4, -0.2) is 68.2 Å². The summed E-state index contributed by atoms with van der Waals surface area (Å²) >= 11 is 14.1. The molecule has 0 saturated carbocycles. The van der Waals surface area contributed by atoms with Crippen molar-refractivity contribution in [2.75, 3.05) is 20.2 Å². The summed E-state index contributed by atoms with van der Waals surface area (Å²) in [5.74, 6) is 1.16. The monoisotopic (exact) mass is 729 g/mol. The molecule has 2 fully saturated rings. The Morgan fingerprint density at radius 2 is 1.59 bits per heavy atom. The molecule has 5 aromatic rings. The van der Waals surface area contributed by atoms with E-state index in [0.717, 1.165) is 18.4 Å². The summed E-state index contributed by atoms with van der Waals surface area (Å²) in [6.45, 7) is 2.13. The highest BCUT2D eigenvalue weighted by Gasteiger charge is 2.23. The van der Waals surface area contributed by atoms with Crippen LogP contribution in [0, 0.1) is 0 Å². The summed E-state index contributed by atoms with van der Waals surface area (Å²) < 4.78 is 8.70. The van der Waals surface area contributed by atoms with Crippen molar-refractivity contribution in [3.8, 4) is 39.5 Å². The van der Waals surface area contributed by atoms with Crippen LogP contribution >= 0.6 is 23.2 Å². The second kappa shape index (κ2) is 14.8. The molecule has 1 aromatic carbocycles. The molecule has 2 aliphatic rings. The third-order valence-corrected chi connectivity index (χ3v) is 10.1. The fourth-order valence-electron chi connectivity index (χ4n) is 6.58. The van der Waals surface area contributed by atoms with Gasteiger partial charge in [-0.05, 0) is 31.0 Å². The molecule has 2 saturated heterocycles. The quantitative estimate of drug-likeness (QED) is 0.150. The van der Waals surface area contributed by atoms with Crippen LogP contribution in [0.15, 0.2) is 59.7 Å². The van der Waals surface area contributed by atoms with Gasteiger partial charge >= 0.3 is 0 Å². The van der Waals surface area contributed by atoms with Gasteiger partial charge in [0.15, 0.2) is 0 Å². The zero-order valence-electron chi connectivity index (χ0n) is 28.1. The Morgan fingerprint density at radius 1 is 0.902 bits per heavy atom. The van der Waals surface area contributed by atoms with Crippen LogP contribution in [0.2, 0.25) is 10.0 Å². The molecule has 2 aliphatic heterocycles. The van der Waals surface area contributed by atoms with Crippen LogP contribution in [0.3, 0.4) is 0 Å². The van der Waals surface area contributed by atoms with Crippen molar-refractivity contribution in [1.82, 2.24) is 45.4 Å². The maximum Gasteiger partial charge on any atom is 0.277 e. The predicted molar refractivity (Wildman–Crippen MR) is 195 cm³/mol. The number of ether oxygens (including phenoxy) is 1. The first-order chi connectivity index (χ1) is 24.7. The van der Waals surface area contributed by atoms with E-state index < -0.39 is 0 Å². The smallest absolute Gasteiger partial charge is 0.277 e. The van der Waals surface area contributed by atoms with E-state index in [1.54, 1.807) is 43.2 Å². The molecule has 264 valence electrons. The summed E-state index contributed by atoms with van der Waals surface area (Å²) in [4.78, 5) is 45.7. The molecule has 0 radical (unpaired) electrons. The average Bonchev–Trinajstić information content (AvgIpc) is 3.87. The van der Waals surface area contributed by atoms with Crippen LogP contribution in [0.4, 0.5) is 0 Å². The van der Waals surface area contributed by atoms with E-state index >= 15 is 0 Å². The normalized spacial score (nSPS) is 17.3. The number of hydrogen-bond acceptors (Lipinski definition) is 9. The van der Waals surface area contributed by atoms with E-state index in [4.69, 9.17) is 32.9 Å². The second-order valence-electron chi connectivity index (χ2n) is 12.8. The predicted octanol–water partition coefficient (Wildman–Crippen LogP) is 3.88. The maximum absolute atomic E-state index is 13.3. The summed E-state index contributed by atoms with van der Waals surface area (Å²) in [5.41, 5.74) is 4.86. The minimum atomic E-state index is -0.211. The molecule has 2 atom stereocenters. The van der Waals surface area contributed by atoms with Crippen molar-refractivity contribution in [3.63, 3.8) is 0 Å². The van der Waals surface area contributed by atoms with Crippen molar-refractivity contribution in [1.29, 1.82) is 0 Å². The molecule has 51 heavy (non-hydrogen) atoms. The minimum absolute atomic E-state index is 0.0565. The van der Waals surface area contributed by atoms with Gasteiger partial charge in [0.1, 0.15) is 11.3 Å². The number of benzene rings is 1. The maximum atomic E-state index is 13.3. The molecule has 4 aromatic heterocycles. The highest BCUT2D eigenvalue weighted by Crippen LogP contribution is 2.41. The van der Waals surface area contributed by atoms with Gasteiger partial charge in [0.05, 0.1) is 35.1 Å². The summed E-state index contributed by atoms with van der Waals surface area (Å²) in [6.07, 6.45) is 6.09.